The number of carbonyl (C=O) groups excluding carboxylic acids is 4. The van der Waals surface area contributed by atoms with Crippen molar-refractivity contribution in [3.05, 3.63) is 35.4 Å². The summed E-state index contributed by atoms with van der Waals surface area (Å²) in [5.41, 5.74) is 1.00. The Labute approximate surface area is 220 Å². The van der Waals surface area contributed by atoms with E-state index < -0.39 is 35.7 Å². The van der Waals surface area contributed by atoms with Gasteiger partial charge in [0.15, 0.2) is 0 Å². The molecule has 2 N–H and O–H groups in total. The molecule has 2 rings (SSSR count). The van der Waals surface area contributed by atoms with Gasteiger partial charge in [0.05, 0.1) is 7.11 Å². The summed E-state index contributed by atoms with van der Waals surface area (Å²) in [5.74, 6) is -1.14. The standard InChI is InChI=1S/C28H43N3O6/c1-9-19-10-12-20(13-11-19)24(25(33)29-16-23(32)36-8)31(22-15-18(22)4)26(34)21(14-17(2)3)30-27(35)37-28(5,6)7/h10-13,17-18,21-22,24H,9,14-16H2,1-8H3,(H,29,33)(H,30,35). The van der Waals surface area contributed by atoms with Crippen LogP contribution in [0.4, 0.5) is 4.79 Å². The zero-order valence-corrected chi connectivity index (χ0v) is 23.4. The Morgan fingerprint density at radius 3 is 2.16 bits per heavy atom. The smallest absolute Gasteiger partial charge is 0.408 e. The van der Waals surface area contributed by atoms with E-state index in [0.717, 1.165) is 18.4 Å². The van der Waals surface area contributed by atoms with E-state index >= 15 is 0 Å². The molecule has 0 aromatic heterocycles. The number of ether oxygens (including phenoxy) is 2. The molecule has 9 nitrogen and oxygen atoms in total. The highest BCUT2D eigenvalue weighted by molar-refractivity contribution is 5.93. The molecular formula is C28H43N3O6. The molecule has 0 bridgehead atoms. The number of carbonyl (C=O) groups is 4. The third kappa shape index (κ3) is 9.05. The fourth-order valence-electron chi connectivity index (χ4n) is 4.20. The van der Waals surface area contributed by atoms with Crippen molar-refractivity contribution in [1.29, 1.82) is 0 Å². The molecule has 1 aromatic carbocycles. The predicted molar refractivity (Wildman–Crippen MR) is 141 cm³/mol. The summed E-state index contributed by atoms with van der Waals surface area (Å²) >= 11 is 0. The molecule has 0 spiro atoms. The van der Waals surface area contributed by atoms with Crippen molar-refractivity contribution in [3.8, 4) is 0 Å². The lowest BCUT2D eigenvalue weighted by molar-refractivity contribution is -0.145. The van der Waals surface area contributed by atoms with Gasteiger partial charge in [-0.3, -0.25) is 14.4 Å². The Hall–Kier alpha value is -3.10. The van der Waals surface area contributed by atoms with Crippen LogP contribution >= 0.6 is 0 Å². The van der Waals surface area contributed by atoms with Gasteiger partial charge in [0.1, 0.15) is 24.2 Å². The molecule has 4 unspecified atom stereocenters. The van der Waals surface area contributed by atoms with Crippen molar-refractivity contribution in [2.75, 3.05) is 13.7 Å². The summed E-state index contributed by atoms with van der Waals surface area (Å²) in [6, 6.07) is 5.50. The van der Waals surface area contributed by atoms with Gasteiger partial charge in [-0.25, -0.2) is 4.79 Å². The highest BCUT2D eigenvalue weighted by Crippen LogP contribution is 2.41. The first-order valence-electron chi connectivity index (χ1n) is 13.0. The minimum Gasteiger partial charge on any atom is -0.468 e. The third-order valence-corrected chi connectivity index (χ3v) is 6.24. The summed E-state index contributed by atoms with van der Waals surface area (Å²) in [7, 11) is 1.25. The van der Waals surface area contributed by atoms with Crippen molar-refractivity contribution in [2.24, 2.45) is 11.8 Å². The van der Waals surface area contributed by atoms with E-state index in [4.69, 9.17) is 4.74 Å². The zero-order chi connectivity index (χ0) is 27.9. The van der Waals surface area contributed by atoms with Crippen molar-refractivity contribution in [3.63, 3.8) is 0 Å². The van der Waals surface area contributed by atoms with E-state index in [0.29, 0.717) is 12.0 Å². The number of hydrogen-bond donors (Lipinski definition) is 2. The maximum atomic E-state index is 14.1. The predicted octanol–water partition coefficient (Wildman–Crippen LogP) is 3.76. The number of methoxy groups -OCH3 is 1. The number of benzene rings is 1. The highest BCUT2D eigenvalue weighted by atomic mass is 16.6. The molecule has 1 saturated carbocycles. The second kappa shape index (κ2) is 12.9. The highest BCUT2D eigenvalue weighted by Gasteiger charge is 2.48. The quantitative estimate of drug-likeness (QED) is 0.432. The van der Waals surface area contributed by atoms with Gasteiger partial charge in [0.25, 0.3) is 0 Å². The van der Waals surface area contributed by atoms with Crippen molar-refractivity contribution >= 4 is 23.9 Å². The van der Waals surface area contributed by atoms with Crippen molar-refractivity contribution < 1.29 is 28.7 Å². The molecule has 37 heavy (non-hydrogen) atoms. The van der Waals surface area contributed by atoms with E-state index in [9.17, 15) is 19.2 Å². The van der Waals surface area contributed by atoms with E-state index in [1.807, 2.05) is 52.0 Å². The van der Waals surface area contributed by atoms with Crippen LogP contribution in [0.15, 0.2) is 24.3 Å². The van der Waals surface area contributed by atoms with Crippen LogP contribution in [0.25, 0.3) is 0 Å². The van der Waals surface area contributed by atoms with Crippen LogP contribution in [-0.2, 0) is 30.3 Å². The van der Waals surface area contributed by atoms with Crippen LogP contribution in [0.3, 0.4) is 0 Å². The number of hydrogen-bond acceptors (Lipinski definition) is 6. The monoisotopic (exact) mass is 517 g/mol. The molecule has 0 heterocycles. The molecule has 9 heteroatoms. The largest absolute Gasteiger partial charge is 0.468 e. The van der Waals surface area contributed by atoms with E-state index in [2.05, 4.69) is 15.4 Å². The summed E-state index contributed by atoms with van der Waals surface area (Å²) < 4.78 is 10.1. The number of alkyl carbamates (subject to hydrolysis) is 1. The molecule has 0 saturated heterocycles. The minimum absolute atomic E-state index is 0.0952. The number of aryl methyl sites for hydroxylation is 1. The van der Waals surface area contributed by atoms with E-state index in [1.165, 1.54) is 7.11 Å². The minimum atomic E-state index is -0.979. The van der Waals surface area contributed by atoms with Crippen molar-refractivity contribution in [2.45, 2.75) is 91.5 Å². The first-order valence-corrected chi connectivity index (χ1v) is 13.0. The lowest BCUT2D eigenvalue weighted by Gasteiger charge is -2.35. The molecule has 1 fully saturated rings. The maximum Gasteiger partial charge on any atom is 0.408 e. The Morgan fingerprint density at radius 1 is 1.11 bits per heavy atom. The van der Waals surface area contributed by atoms with Crippen LogP contribution in [0.2, 0.25) is 0 Å². The average Bonchev–Trinajstić information content (AvgIpc) is 3.54. The SMILES string of the molecule is CCc1ccc(C(C(=O)NCC(=O)OC)N(C(=O)C(CC(C)C)NC(=O)OC(C)(C)C)C2CC2C)cc1. The molecule has 3 amide bonds. The topological polar surface area (TPSA) is 114 Å². The number of amides is 3. The van der Waals surface area contributed by atoms with Gasteiger partial charge in [0, 0.05) is 6.04 Å². The van der Waals surface area contributed by atoms with E-state index in [-0.39, 0.29) is 30.3 Å². The molecule has 0 aliphatic heterocycles. The third-order valence-electron chi connectivity index (χ3n) is 6.24. The van der Waals surface area contributed by atoms with Gasteiger partial charge in [-0.15, -0.1) is 0 Å². The van der Waals surface area contributed by atoms with Crippen LogP contribution in [0.5, 0.6) is 0 Å². The molecular weight excluding hydrogens is 474 g/mol. The maximum absolute atomic E-state index is 14.1. The van der Waals surface area contributed by atoms with E-state index in [1.54, 1.807) is 25.7 Å². The Kier molecular flexibility index (Phi) is 10.5. The van der Waals surface area contributed by atoms with Crippen LogP contribution in [0, 0.1) is 11.8 Å². The van der Waals surface area contributed by atoms with Crippen LogP contribution in [0.1, 0.15) is 78.5 Å². The molecule has 206 valence electrons. The Morgan fingerprint density at radius 2 is 1.70 bits per heavy atom. The Bertz CT molecular complexity index is 954. The lowest BCUT2D eigenvalue weighted by atomic mass is 9.98. The van der Waals surface area contributed by atoms with Gasteiger partial charge in [-0.1, -0.05) is 52.0 Å². The fourth-order valence-corrected chi connectivity index (χ4v) is 4.20. The van der Waals surface area contributed by atoms with Gasteiger partial charge >= 0.3 is 12.1 Å². The molecule has 1 aromatic rings. The molecule has 0 radical (unpaired) electrons. The Balaban J connectivity index is 2.48. The summed E-state index contributed by atoms with van der Waals surface area (Å²) in [6.45, 7) is 12.9. The summed E-state index contributed by atoms with van der Waals surface area (Å²) in [6.07, 6.45) is 1.26. The number of nitrogens with one attached hydrogen (secondary N) is 2. The number of esters is 1. The summed E-state index contributed by atoms with van der Waals surface area (Å²) in [5, 5.41) is 5.37. The average molecular weight is 518 g/mol. The first-order chi connectivity index (χ1) is 17.3. The normalized spacial score (nSPS) is 18.4. The molecule has 1 aliphatic rings. The number of rotatable bonds is 11. The number of nitrogens with zero attached hydrogens (tertiary/aromatic N) is 1. The van der Waals surface area contributed by atoms with Gasteiger partial charge < -0.3 is 25.0 Å². The second-order valence-corrected chi connectivity index (χ2v) is 11.1. The van der Waals surface area contributed by atoms with Crippen LogP contribution < -0.4 is 10.6 Å². The summed E-state index contributed by atoms with van der Waals surface area (Å²) in [4.78, 5) is 53.6. The first kappa shape index (κ1) is 30.1. The fraction of sp³-hybridized carbons (Fsp3) is 0.643. The molecule has 1 aliphatic carbocycles. The second-order valence-electron chi connectivity index (χ2n) is 11.1. The van der Waals surface area contributed by atoms with Crippen LogP contribution in [-0.4, -0.2) is 60.1 Å². The van der Waals surface area contributed by atoms with Gasteiger partial charge in [-0.2, -0.15) is 0 Å². The van der Waals surface area contributed by atoms with Gasteiger partial charge in [0.2, 0.25) is 11.8 Å². The molecule has 4 atom stereocenters. The lowest BCUT2D eigenvalue weighted by Crippen LogP contribution is -2.54. The zero-order valence-electron chi connectivity index (χ0n) is 23.4. The van der Waals surface area contributed by atoms with Crippen molar-refractivity contribution in [1.82, 2.24) is 15.5 Å². The van der Waals surface area contributed by atoms with Gasteiger partial charge in [-0.05, 0) is 63.0 Å².